The number of anilines is 1. The first kappa shape index (κ1) is 26.2. The van der Waals surface area contributed by atoms with E-state index in [4.69, 9.17) is 12.2 Å². The zero-order valence-electron chi connectivity index (χ0n) is 21.6. The molecular formula is C29H24N6O2S3. The highest BCUT2D eigenvalue weighted by atomic mass is 32.2. The highest BCUT2D eigenvalue weighted by Gasteiger charge is 2.42. The fraction of sp³-hybridized carbons (Fsp3) is 0.138. The minimum Gasteiger partial charge on any atom is -0.351 e. The normalized spacial score (nSPS) is 16.8. The number of nitrogens with one attached hydrogen (secondary N) is 1. The second-order valence-corrected chi connectivity index (χ2v) is 11.7. The van der Waals surface area contributed by atoms with Gasteiger partial charge in [0.25, 0.3) is 5.69 Å². The van der Waals surface area contributed by atoms with Crippen molar-refractivity contribution in [2.24, 2.45) is 0 Å². The van der Waals surface area contributed by atoms with Crippen LogP contribution in [0.3, 0.4) is 0 Å². The predicted molar refractivity (Wildman–Crippen MR) is 163 cm³/mol. The molecule has 3 aromatic heterocycles. The second-order valence-electron chi connectivity index (χ2n) is 9.32. The van der Waals surface area contributed by atoms with E-state index in [1.807, 2.05) is 48.1 Å². The Morgan fingerprint density at radius 3 is 2.35 bits per heavy atom. The van der Waals surface area contributed by atoms with Gasteiger partial charge in [0.15, 0.2) is 10.2 Å². The lowest BCUT2D eigenvalue weighted by atomic mass is 9.96. The van der Waals surface area contributed by atoms with Crippen molar-refractivity contribution in [3.8, 4) is 5.13 Å². The van der Waals surface area contributed by atoms with Gasteiger partial charge in [-0.25, -0.2) is 4.98 Å². The van der Waals surface area contributed by atoms with Gasteiger partial charge in [-0.2, -0.15) is 0 Å². The molecule has 1 aliphatic rings. The van der Waals surface area contributed by atoms with Crippen LogP contribution in [0.5, 0.6) is 0 Å². The summed E-state index contributed by atoms with van der Waals surface area (Å²) in [7, 11) is 0. The number of rotatable bonds is 7. The summed E-state index contributed by atoms with van der Waals surface area (Å²) < 4.78 is 2.19. The van der Waals surface area contributed by atoms with E-state index in [0.29, 0.717) is 5.11 Å². The fourth-order valence-corrected chi connectivity index (χ4v) is 7.02. The maximum atomic E-state index is 11.0. The molecule has 6 rings (SSSR count). The molecule has 0 bridgehead atoms. The number of thiazole rings is 1. The first-order valence-electron chi connectivity index (χ1n) is 12.5. The van der Waals surface area contributed by atoms with Gasteiger partial charge in [-0.3, -0.25) is 19.7 Å². The van der Waals surface area contributed by atoms with E-state index in [9.17, 15) is 10.1 Å². The van der Waals surface area contributed by atoms with Crippen LogP contribution in [0, 0.1) is 24.0 Å². The van der Waals surface area contributed by atoms with Gasteiger partial charge < -0.3 is 10.2 Å². The summed E-state index contributed by atoms with van der Waals surface area (Å²) in [5.41, 5.74) is 5.34. The van der Waals surface area contributed by atoms with Gasteiger partial charge >= 0.3 is 0 Å². The van der Waals surface area contributed by atoms with E-state index in [-0.39, 0.29) is 22.7 Å². The summed E-state index contributed by atoms with van der Waals surface area (Å²) in [5, 5.41) is 18.1. The summed E-state index contributed by atoms with van der Waals surface area (Å²) in [4.78, 5) is 23.9. The Bertz CT molecular complexity index is 1670. The third-order valence-corrected chi connectivity index (χ3v) is 8.98. The van der Waals surface area contributed by atoms with Gasteiger partial charge in [0.2, 0.25) is 0 Å². The minimum atomic E-state index is -0.390. The number of nitro benzene ring substituents is 1. The van der Waals surface area contributed by atoms with Crippen LogP contribution in [0.15, 0.2) is 100 Å². The quantitative estimate of drug-likeness (QED) is 0.122. The topological polar surface area (TPSA) is 89.1 Å². The molecule has 5 aromatic rings. The van der Waals surface area contributed by atoms with Crippen molar-refractivity contribution >= 4 is 51.8 Å². The van der Waals surface area contributed by atoms with Crippen molar-refractivity contribution in [2.45, 2.75) is 35.7 Å². The number of hydrogen-bond donors (Lipinski definition) is 1. The molecule has 1 aliphatic heterocycles. The maximum Gasteiger partial charge on any atom is 0.269 e. The Balaban J connectivity index is 1.36. The molecular weight excluding hydrogens is 561 g/mol. The third-order valence-electron chi connectivity index (χ3n) is 6.90. The van der Waals surface area contributed by atoms with Crippen LogP contribution in [-0.2, 0) is 0 Å². The molecule has 2 aromatic carbocycles. The number of aryl methyl sites for hydroxylation is 1. The number of nitro groups is 1. The van der Waals surface area contributed by atoms with E-state index in [2.05, 4.69) is 56.8 Å². The SMILES string of the molecule is Cc1cc(C2C(c3ccccn3)NC(=S)N2c2ccc(Sc3ccc([N+](=O)[O-])cc3)cc2)c(C)n1-c1nccs1. The lowest BCUT2D eigenvalue weighted by Gasteiger charge is -2.28. The monoisotopic (exact) mass is 584 g/mol. The molecule has 2 unspecified atom stereocenters. The standard InChI is InChI=1S/C29H24N6O2S3/c1-18-17-24(19(2)33(18)29-31-15-16-39-29)27-26(25-5-3-4-14-30-25)32-28(38)34(27)20-6-10-22(11-7-20)40-23-12-8-21(9-13-23)35(36)37/h3-17,26-27H,1-2H3,(H,32,38). The van der Waals surface area contributed by atoms with Gasteiger partial charge in [-0.1, -0.05) is 17.8 Å². The lowest BCUT2D eigenvalue weighted by molar-refractivity contribution is -0.384. The van der Waals surface area contributed by atoms with Gasteiger partial charge in [-0.05, 0) is 86.2 Å². The van der Waals surface area contributed by atoms with Crippen molar-refractivity contribution < 1.29 is 4.92 Å². The number of pyridine rings is 1. The Labute approximate surface area is 244 Å². The van der Waals surface area contributed by atoms with Crippen LogP contribution in [0.4, 0.5) is 11.4 Å². The van der Waals surface area contributed by atoms with Gasteiger partial charge in [0, 0.05) is 56.8 Å². The molecule has 4 heterocycles. The highest BCUT2D eigenvalue weighted by molar-refractivity contribution is 7.99. The molecule has 1 N–H and O–H groups in total. The average Bonchev–Trinajstić information content (AvgIpc) is 3.67. The number of nitrogens with zero attached hydrogens (tertiary/aromatic N) is 5. The van der Waals surface area contributed by atoms with Crippen molar-refractivity contribution in [1.29, 1.82) is 0 Å². The van der Waals surface area contributed by atoms with Crippen molar-refractivity contribution in [3.63, 3.8) is 0 Å². The number of aromatic nitrogens is 3. The van der Waals surface area contributed by atoms with Crippen molar-refractivity contribution in [1.82, 2.24) is 19.9 Å². The third kappa shape index (κ3) is 4.87. The van der Waals surface area contributed by atoms with Crippen LogP contribution in [0.1, 0.15) is 34.7 Å². The van der Waals surface area contributed by atoms with Gasteiger partial charge in [0.05, 0.1) is 22.7 Å². The van der Waals surface area contributed by atoms with E-state index in [1.54, 1.807) is 35.2 Å². The molecule has 0 aliphatic carbocycles. The van der Waals surface area contributed by atoms with Gasteiger partial charge in [0.1, 0.15) is 0 Å². The van der Waals surface area contributed by atoms with E-state index in [1.165, 1.54) is 12.1 Å². The average molecular weight is 585 g/mol. The maximum absolute atomic E-state index is 11.0. The molecule has 1 saturated heterocycles. The summed E-state index contributed by atoms with van der Waals surface area (Å²) in [5.74, 6) is 0. The Morgan fingerprint density at radius 2 is 1.73 bits per heavy atom. The smallest absolute Gasteiger partial charge is 0.269 e. The van der Waals surface area contributed by atoms with E-state index < -0.39 is 0 Å². The number of non-ortho nitro benzene ring substituents is 1. The first-order chi connectivity index (χ1) is 19.4. The highest BCUT2D eigenvalue weighted by Crippen LogP contribution is 2.44. The molecule has 40 heavy (non-hydrogen) atoms. The van der Waals surface area contributed by atoms with E-state index >= 15 is 0 Å². The molecule has 8 nitrogen and oxygen atoms in total. The van der Waals surface area contributed by atoms with Crippen LogP contribution in [0.25, 0.3) is 5.13 Å². The Hall–Kier alpha value is -4.06. The molecule has 200 valence electrons. The first-order valence-corrected chi connectivity index (χ1v) is 14.6. The van der Waals surface area contributed by atoms with Crippen LogP contribution >= 0.6 is 35.3 Å². The number of benzene rings is 2. The van der Waals surface area contributed by atoms with Crippen LogP contribution in [0.2, 0.25) is 0 Å². The lowest BCUT2D eigenvalue weighted by Crippen LogP contribution is -2.29. The molecule has 2 atom stereocenters. The predicted octanol–water partition coefficient (Wildman–Crippen LogP) is 7.18. The van der Waals surface area contributed by atoms with Crippen LogP contribution < -0.4 is 10.2 Å². The Morgan fingerprint density at radius 1 is 1.00 bits per heavy atom. The van der Waals surface area contributed by atoms with Crippen LogP contribution in [-0.4, -0.2) is 24.6 Å². The molecule has 0 spiro atoms. The van der Waals surface area contributed by atoms with Crippen molar-refractivity contribution in [3.05, 3.63) is 123 Å². The Kier molecular flexibility index (Phi) is 7.09. The van der Waals surface area contributed by atoms with Crippen molar-refractivity contribution in [2.75, 3.05) is 4.90 Å². The molecule has 11 heteroatoms. The molecule has 0 radical (unpaired) electrons. The number of thiocarbonyl (C=S) groups is 1. The fourth-order valence-electron chi connectivity index (χ4n) is 5.10. The summed E-state index contributed by atoms with van der Waals surface area (Å²) in [6.45, 7) is 4.23. The summed E-state index contributed by atoms with van der Waals surface area (Å²) in [6, 6.07) is 22.7. The molecule has 0 amide bonds. The second kappa shape index (κ2) is 10.8. The summed E-state index contributed by atoms with van der Waals surface area (Å²) >= 11 is 9.08. The van der Waals surface area contributed by atoms with E-state index in [0.717, 1.165) is 43.3 Å². The summed E-state index contributed by atoms with van der Waals surface area (Å²) in [6.07, 6.45) is 3.63. The zero-order chi connectivity index (χ0) is 27.8. The molecule has 1 fully saturated rings. The largest absolute Gasteiger partial charge is 0.351 e. The van der Waals surface area contributed by atoms with Gasteiger partial charge in [-0.15, -0.1) is 11.3 Å². The number of hydrogen-bond acceptors (Lipinski definition) is 7. The minimum absolute atomic E-state index is 0.0810. The zero-order valence-corrected chi connectivity index (χ0v) is 24.0. The molecule has 0 saturated carbocycles.